The second kappa shape index (κ2) is 5.88. The van der Waals surface area contributed by atoms with Crippen molar-refractivity contribution in [2.45, 2.75) is 53.0 Å². The van der Waals surface area contributed by atoms with E-state index in [-0.39, 0.29) is 0 Å². The van der Waals surface area contributed by atoms with Crippen LogP contribution in [-0.4, -0.2) is 10.9 Å². The minimum atomic E-state index is 0.414. The first-order valence-electron chi connectivity index (χ1n) is 6.25. The largest absolute Gasteiger partial charge is 0.340 e. The average Bonchev–Trinajstić information content (AvgIpc) is 2.68. The van der Waals surface area contributed by atoms with Gasteiger partial charge in [0.15, 0.2) is 6.29 Å². The van der Waals surface area contributed by atoms with Crippen molar-refractivity contribution in [3.63, 3.8) is 0 Å². The summed E-state index contributed by atoms with van der Waals surface area (Å²) < 4.78 is 2.19. The molecule has 0 unspecified atom stereocenters. The van der Waals surface area contributed by atoms with Gasteiger partial charge in [-0.05, 0) is 44.2 Å². The van der Waals surface area contributed by atoms with E-state index in [2.05, 4.69) is 38.3 Å². The Morgan fingerprint density at radius 2 is 2.00 bits per heavy atom. The first kappa shape index (κ1) is 13.0. The van der Waals surface area contributed by atoms with Gasteiger partial charge in [-0.15, -0.1) is 0 Å². The molecule has 1 heterocycles. The van der Waals surface area contributed by atoms with Crippen molar-refractivity contribution in [1.29, 1.82) is 0 Å². The van der Waals surface area contributed by atoms with Gasteiger partial charge >= 0.3 is 0 Å². The summed E-state index contributed by atoms with van der Waals surface area (Å²) in [5, 5.41) is 0. The molecule has 16 heavy (non-hydrogen) atoms. The van der Waals surface area contributed by atoms with Gasteiger partial charge in [0.1, 0.15) is 0 Å². The van der Waals surface area contributed by atoms with Gasteiger partial charge in [-0.25, -0.2) is 0 Å². The third kappa shape index (κ3) is 2.97. The van der Waals surface area contributed by atoms with E-state index >= 15 is 0 Å². The Hall–Kier alpha value is -1.05. The van der Waals surface area contributed by atoms with Crippen LogP contribution >= 0.6 is 0 Å². The molecule has 1 atom stereocenters. The fourth-order valence-electron chi connectivity index (χ4n) is 1.96. The second-order valence-corrected chi connectivity index (χ2v) is 4.93. The van der Waals surface area contributed by atoms with E-state index in [9.17, 15) is 4.79 Å². The van der Waals surface area contributed by atoms with Crippen LogP contribution in [0.3, 0.4) is 0 Å². The summed E-state index contributed by atoms with van der Waals surface area (Å²) in [6, 6.07) is 4.45. The summed E-state index contributed by atoms with van der Waals surface area (Å²) in [5.74, 6) is 0.708. The molecule has 2 nitrogen and oxygen atoms in total. The molecule has 0 radical (unpaired) electrons. The molecule has 0 saturated heterocycles. The topological polar surface area (TPSA) is 22.0 Å². The van der Waals surface area contributed by atoms with Crippen LogP contribution in [-0.2, 0) is 6.42 Å². The highest BCUT2D eigenvalue weighted by Crippen LogP contribution is 2.20. The van der Waals surface area contributed by atoms with Crippen LogP contribution in [0.2, 0.25) is 0 Å². The lowest BCUT2D eigenvalue weighted by atomic mass is 10.1. The van der Waals surface area contributed by atoms with E-state index in [1.165, 1.54) is 12.1 Å². The molecule has 0 amide bonds. The van der Waals surface area contributed by atoms with Gasteiger partial charge in [-0.3, -0.25) is 4.79 Å². The first-order valence-corrected chi connectivity index (χ1v) is 6.25. The van der Waals surface area contributed by atoms with Crippen LogP contribution < -0.4 is 0 Å². The van der Waals surface area contributed by atoms with Gasteiger partial charge in [-0.2, -0.15) is 0 Å². The number of aromatic nitrogens is 1. The van der Waals surface area contributed by atoms with Crippen LogP contribution in [0, 0.1) is 5.92 Å². The molecule has 2 heteroatoms. The van der Waals surface area contributed by atoms with Gasteiger partial charge in [0.2, 0.25) is 0 Å². The van der Waals surface area contributed by atoms with Crippen molar-refractivity contribution in [1.82, 2.24) is 4.57 Å². The van der Waals surface area contributed by atoms with E-state index in [1.807, 2.05) is 6.07 Å². The smallest absolute Gasteiger partial charge is 0.166 e. The van der Waals surface area contributed by atoms with E-state index in [1.54, 1.807) is 0 Å². The van der Waals surface area contributed by atoms with Crippen molar-refractivity contribution in [3.05, 3.63) is 23.5 Å². The van der Waals surface area contributed by atoms with Crippen LogP contribution in [0.15, 0.2) is 12.1 Å². The molecule has 0 saturated carbocycles. The minimum absolute atomic E-state index is 0.414. The van der Waals surface area contributed by atoms with Gasteiger partial charge in [0, 0.05) is 11.7 Å². The molecule has 0 bridgehead atoms. The normalized spacial score (nSPS) is 13.1. The van der Waals surface area contributed by atoms with Gasteiger partial charge in [0.25, 0.3) is 0 Å². The fraction of sp³-hybridized carbons (Fsp3) is 0.643. The number of carbonyl (C=O) groups is 1. The van der Waals surface area contributed by atoms with Gasteiger partial charge in [-0.1, -0.05) is 20.8 Å². The molecule has 0 aliphatic carbocycles. The highest BCUT2D eigenvalue weighted by atomic mass is 16.1. The highest BCUT2D eigenvalue weighted by molar-refractivity contribution is 5.72. The highest BCUT2D eigenvalue weighted by Gasteiger charge is 2.12. The Kier molecular flexibility index (Phi) is 4.78. The van der Waals surface area contributed by atoms with Gasteiger partial charge < -0.3 is 4.57 Å². The number of rotatable bonds is 6. The third-order valence-corrected chi connectivity index (χ3v) is 3.16. The number of aldehydes is 1. The molecular weight excluding hydrogens is 198 g/mol. The molecule has 90 valence electrons. The first-order chi connectivity index (χ1) is 7.60. The van der Waals surface area contributed by atoms with Gasteiger partial charge in [0.05, 0.1) is 5.69 Å². The van der Waals surface area contributed by atoms with Crippen molar-refractivity contribution in [3.8, 4) is 0 Å². The monoisotopic (exact) mass is 221 g/mol. The number of hydrogen-bond donors (Lipinski definition) is 0. The maximum Gasteiger partial charge on any atom is 0.166 e. The molecule has 0 fully saturated rings. The molecule has 0 aliphatic heterocycles. The summed E-state index contributed by atoms with van der Waals surface area (Å²) in [6.45, 7) is 8.80. The predicted molar refractivity (Wildman–Crippen MR) is 68.0 cm³/mol. The third-order valence-electron chi connectivity index (χ3n) is 3.16. The van der Waals surface area contributed by atoms with Crippen LogP contribution in [0.25, 0.3) is 0 Å². The Morgan fingerprint density at radius 3 is 2.50 bits per heavy atom. The number of carbonyl (C=O) groups excluding carboxylic acids is 1. The fourth-order valence-corrected chi connectivity index (χ4v) is 1.96. The van der Waals surface area contributed by atoms with Crippen LogP contribution in [0.5, 0.6) is 0 Å². The van der Waals surface area contributed by atoms with E-state index in [0.29, 0.717) is 12.0 Å². The molecule has 1 aromatic rings. The average molecular weight is 221 g/mol. The van der Waals surface area contributed by atoms with E-state index in [4.69, 9.17) is 0 Å². The Morgan fingerprint density at radius 1 is 1.31 bits per heavy atom. The zero-order valence-corrected chi connectivity index (χ0v) is 10.9. The number of nitrogens with zero attached hydrogens (tertiary/aromatic N) is 1. The lowest BCUT2D eigenvalue weighted by Gasteiger charge is -2.18. The number of aryl methyl sites for hydroxylation is 1. The number of hydrogen-bond acceptors (Lipinski definition) is 1. The second-order valence-electron chi connectivity index (χ2n) is 4.93. The maximum atomic E-state index is 11.0. The molecule has 0 spiro atoms. The zero-order chi connectivity index (χ0) is 12.1. The molecule has 0 N–H and O–H groups in total. The van der Waals surface area contributed by atoms with Crippen molar-refractivity contribution in [2.75, 3.05) is 0 Å². The molecule has 1 rings (SSSR count). The predicted octanol–water partition coefficient (Wildman–Crippen LogP) is 3.86. The zero-order valence-electron chi connectivity index (χ0n) is 10.9. The Bertz CT molecular complexity index is 339. The van der Waals surface area contributed by atoms with E-state index < -0.39 is 0 Å². The lowest BCUT2D eigenvalue weighted by Crippen LogP contribution is -2.11. The summed E-state index contributed by atoms with van der Waals surface area (Å²) >= 11 is 0. The lowest BCUT2D eigenvalue weighted by molar-refractivity contribution is 0.111. The molecular formula is C14H23NO. The van der Waals surface area contributed by atoms with Crippen LogP contribution in [0.1, 0.15) is 62.8 Å². The van der Waals surface area contributed by atoms with Crippen molar-refractivity contribution >= 4 is 6.29 Å². The summed E-state index contributed by atoms with van der Waals surface area (Å²) in [4.78, 5) is 11.0. The molecule has 1 aromatic heterocycles. The molecule has 0 aromatic carbocycles. The maximum absolute atomic E-state index is 11.0. The standard InChI is InChI=1S/C14H23NO/c1-5-12(4)15-13(7-6-11(2)3)8-9-14(15)10-16/h8-12H,5-7H2,1-4H3/t12-/m1/s1. The summed E-state index contributed by atoms with van der Waals surface area (Å²) in [7, 11) is 0. The summed E-state index contributed by atoms with van der Waals surface area (Å²) in [5.41, 5.74) is 2.11. The quantitative estimate of drug-likeness (QED) is 0.668. The van der Waals surface area contributed by atoms with E-state index in [0.717, 1.165) is 24.8 Å². The van der Waals surface area contributed by atoms with Crippen molar-refractivity contribution in [2.24, 2.45) is 5.92 Å². The van der Waals surface area contributed by atoms with Crippen molar-refractivity contribution < 1.29 is 4.79 Å². The SMILES string of the molecule is CC[C@@H](C)n1c(C=O)ccc1CCC(C)C. The summed E-state index contributed by atoms with van der Waals surface area (Å²) in [6.07, 6.45) is 4.27. The minimum Gasteiger partial charge on any atom is -0.340 e. The van der Waals surface area contributed by atoms with Crippen LogP contribution in [0.4, 0.5) is 0 Å². The molecule has 0 aliphatic rings. The Labute approximate surface area is 98.7 Å². The Balaban J connectivity index is 2.90.